The normalized spacial score (nSPS) is 30.3. The van der Waals surface area contributed by atoms with Crippen LogP contribution in [0.4, 0.5) is 35.1 Å². The molecule has 1 rings (SSSR count). The van der Waals surface area contributed by atoms with E-state index < -0.39 is 35.0 Å². The van der Waals surface area contributed by atoms with Gasteiger partial charge in [0.1, 0.15) is 0 Å². The second-order valence-corrected chi connectivity index (χ2v) is 4.50. The first kappa shape index (κ1) is 15.5. The van der Waals surface area contributed by atoms with Crippen LogP contribution in [-0.4, -0.2) is 42.0 Å². The summed E-state index contributed by atoms with van der Waals surface area (Å²) in [6.07, 6.45) is -0.162. The van der Waals surface area contributed by atoms with E-state index in [1.165, 1.54) is 6.92 Å². The maximum Gasteiger partial charge on any atom is 0.466 e. The molecule has 1 heterocycles. The Hall–Kier alpha value is -0.600. The fraction of sp³-hybridized carbons (Fsp3) is 1.00. The largest absolute Gasteiger partial charge is 0.466 e. The fourth-order valence-electron chi connectivity index (χ4n) is 1.93. The molecule has 0 unspecified atom stereocenters. The van der Waals surface area contributed by atoms with Crippen molar-refractivity contribution in [3.8, 4) is 0 Å². The molecule has 18 heavy (non-hydrogen) atoms. The number of halogens is 8. The third-order valence-corrected chi connectivity index (χ3v) is 3.35. The number of hydrogen-bond donors (Lipinski definition) is 0. The Bertz CT molecular complexity index is 311. The number of hydrogen-bond acceptors (Lipinski definition) is 0. The number of unbranched alkanes of at least 4 members (excludes halogenated alkanes) is 1. The van der Waals surface area contributed by atoms with E-state index in [4.69, 9.17) is 0 Å². The Morgan fingerprint density at radius 3 is 1.39 bits per heavy atom. The van der Waals surface area contributed by atoms with Crippen LogP contribution < -0.4 is 0 Å². The van der Waals surface area contributed by atoms with Gasteiger partial charge in [-0.05, 0) is 6.42 Å². The smallest absolute Gasteiger partial charge is 0.194 e. The highest BCUT2D eigenvalue weighted by atomic mass is 19.4. The molecule has 0 aromatic heterocycles. The molecule has 0 aromatic rings. The summed E-state index contributed by atoms with van der Waals surface area (Å²) >= 11 is 0. The number of rotatable bonds is 3. The van der Waals surface area contributed by atoms with Gasteiger partial charge in [-0.25, -0.2) is 0 Å². The first-order chi connectivity index (χ1) is 7.81. The lowest BCUT2D eigenvalue weighted by atomic mass is 10.2. The van der Waals surface area contributed by atoms with E-state index in [1.807, 2.05) is 0 Å². The molecular weight excluding hydrogens is 274 g/mol. The molecule has 1 fully saturated rings. The summed E-state index contributed by atoms with van der Waals surface area (Å²) in [5.41, 5.74) is 0. The zero-order valence-electron chi connectivity index (χ0n) is 9.59. The van der Waals surface area contributed by atoms with Crippen LogP contribution in [0.2, 0.25) is 0 Å². The van der Waals surface area contributed by atoms with Crippen molar-refractivity contribution in [1.29, 1.82) is 0 Å². The molecule has 0 saturated carbocycles. The molecule has 0 spiro atoms. The SMILES string of the molecule is CCCC[N+]1(C)C(F)(F)C(F)(F)C(F)(F)C1(F)F. The zero-order valence-corrected chi connectivity index (χ0v) is 9.59. The van der Waals surface area contributed by atoms with E-state index in [0.717, 1.165) is 0 Å². The summed E-state index contributed by atoms with van der Waals surface area (Å²) in [7, 11) is 0.0322. The average molecular weight is 286 g/mol. The molecule has 0 aromatic carbocycles. The van der Waals surface area contributed by atoms with Crippen molar-refractivity contribution >= 4 is 0 Å². The summed E-state index contributed by atoms with van der Waals surface area (Å²) in [6, 6.07) is -11.1. The number of alkyl halides is 8. The Morgan fingerprint density at radius 1 is 0.778 bits per heavy atom. The molecule has 0 amide bonds. The Kier molecular flexibility index (Phi) is 3.18. The standard InChI is InChI=1S/C9H12F8N/c1-3-4-5-18(2)8(14,15)6(10,11)7(12,13)9(18,16)17/h3-5H2,1-2H3/q+1. The van der Waals surface area contributed by atoms with E-state index in [-0.39, 0.29) is 19.9 Å². The van der Waals surface area contributed by atoms with Crippen molar-refractivity contribution in [2.24, 2.45) is 0 Å². The minimum atomic E-state index is -6.09. The molecule has 0 radical (unpaired) electrons. The lowest BCUT2D eigenvalue weighted by Gasteiger charge is -2.37. The van der Waals surface area contributed by atoms with E-state index >= 15 is 0 Å². The molecule has 0 bridgehead atoms. The van der Waals surface area contributed by atoms with Crippen molar-refractivity contribution in [3.63, 3.8) is 0 Å². The van der Waals surface area contributed by atoms with Gasteiger partial charge < -0.3 is 0 Å². The van der Waals surface area contributed by atoms with Gasteiger partial charge in [-0.15, -0.1) is 17.6 Å². The van der Waals surface area contributed by atoms with Crippen molar-refractivity contribution in [2.75, 3.05) is 13.6 Å². The lowest BCUT2D eigenvalue weighted by Crippen LogP contribution is -2.64. The molecule has 108 valence electrons. The highest BCUT2D eigenvalue weighted by Gasteiger charge is 3.00. The van der Waals surface area contributed by atoms with Crippen molar-refractivity contribution in [1.82, 2.24) is 0 Å². The quantitative estimate of drug-likeness (QED) is 0.421. The number of likely N-dealkylation sites (tertiary alicyclic amines) is 1. The highest BCUT2D eigenvalue weighted by molar-refractivity contribution is 5.04. The van der Waals surface area contributed by atoms with Crippen LogP contribution in [0.5, 0.6) is 0 Å². The summed E-state index contributed by atoms with van der Waals surface area (Å²) < 4.78 is 102. The molecule has 0 aliphatic carbocycles. The molecule has 0 atom stereocenters. The minimum Gasteiger partial charge on any atom is -0.194 e. The molecule has 1 nitrogen and oxygen atoms in total. The minimum absolute atomic E-state index is 0.0322. The van der Waals surface area contributed by atoms with Crippen molar-refractivity contribution in [3.05, 3.63) is 0 Å². The summed E-state index contributed by atoms with van der Waals surface area (Å²) in [6.45, 7) is 0.274. The van der Waals surface area contributed by atoms with Crippen molar-refractivity contribution < 1.29 is 39.6 Å². The van der Waals surface area contributed by atoms with E-state index in [1.54, 1.807) is 0 Å². The van der Waals surface area contributed by atoms with Crippen LogP contribution in [-0.2, 0) is 0 Å². The maximum atomic E-state index is 13.3. The van der Waals surface area contributed by atoms with Crippen LogP contribution in [0.25, 0.3) is 0 Å². The predicted octanol–water partition coefficient (Wildman–Crippen LogP) is 3.70. The summed E-state index contributed by atoms with van der Waals surface area (Å²) in [5.74, 6) is -12.2. The third-order valence-electron chi connectivity index (χ3n) is 3.35. The highest BCUT2D eigenvalue weighted by Crippen LogP contribution is 2.66. The molecule has 1 saturated heterocycles. The molecular formula is C9H12F8N+. The van der Waals surface area contributed by atoms with E-state index in [2.05, 4.69) is 0 Å². The average Bonchev–Trinajstić information content (AvgIpc) is 2.27. The first-order valence-corrected chi connectivity index (χ1v) is 5.18. The summed E-state index contributed by atoms with van der Waals surface area (Å²) in [5, 5.41) is 0. The Balaban J connectivity index is 3.43. The predicted molar refractivity (Wildman–Crippen MR) is 45.7 cm³/mol. The van der Waals surface area contributed by atoms with Gasteiger partial charge >= 0.3 is 23.9 Å². The monoisotopic (exact) mass is 286 g/mol. The van der Waals surface area contributed by atoms with Crippen LogP contribution >= 0.6 is 0 Å². The van der Waals surface area contributed by atoms with Crippen LogP contribution in [0.3, 0.4) is 0 Å². The van der Waals surface area contributed by atoms with Gasteiger partial charge in [0.05, 0.1) is 13.6 Å². The van der Waals surface area contributed by atoms with Gasteiger partial charge in [-0.1, -0.05) is 13.3 Å². The van der Waals surface area contributed by atoms with E-state index in [9.17, 15) is 35.1 Å². The number of nitrogens with zero attached hydrogens (tertiary/aromatic N) is 1. The summed E-state index contributed by atoms with van der Waals surface area (Å²) in [4.78, 5) is 0. The fourth-order valence-corrected chi connectivity index (χ4v) is 1.93. The van der Waals surface area contributed by atoms with Gasteiger partial charge in [-0.2, -0.15) is 22.0 Å². The van der Waals surface area contributed by atoms with Crippen LogP contribution in [0.15, 0.2) is 0 Å². The van der Waals surface area contributed by atoms with Gasteiger partial charge in [0.15, 0.2) is 0 Å². The molecule has 0 N–H and O–H groups in total. The second kappa shape index (κ2) is 3.71. The Labute approximate surface area is 97.9 Å². The first-order valence-electron chi connectivity index (χ1n) is 5.18. The maximum absolute atomic E-state index is 13.3. The lowest BCUT2D eigenvalue weighted by molar-refractivity contribution is -1.05. The van der Waals surface area contributed by atoms with Gasteiger partial charge in [0.25, 0.3) is 0 Å². The number of quaternary nitrogens is 1. The van der Waals surface area contributed by atoms with Gasteiger partial charge in [-0.3, -0.25) is 0 Å². The molecule has 1 aliphatic heterocycles. The van der Waals surface area contributed by atoms with Crippen LogP contribution in [0, 0.1) is 0 Å². The molecule has 9 heteroatoms. The third kappa shape index (κ3) is 1.31. The second-order valence-electron chi connectivity index (χ2n) is 4.50. The van der Waals surface area contributed by atoms with Crippen molar-refractivity contribution in [2.45, 2.75) is 43.7 Å². The van der Waals surface area contributed by atoms with E-state index in [0.29, 0.717) is 0 Å². The molecule has 1 aliphatic rings. The van der Waals surface area contributed by atoms with Gasteiger partial charge in [0.2, 0.25) is 0 Å². The topological polar surface area (TPSA) is 0 Å². The van der Waals surface area contributed by atoms with Crippen LogP contribution in [0.1, 0.15) is 19.8 Å². The zero-order chi connectivity index (χ0) is 14.6. The van der Waals surface area contributed by atoms with Gasteiger partial charge in [0, 0.05) is 0 Å². The Morgan fingerprint density at radius 2 is 1.11 bits per heavy atom.